The molecule has 1 amide bonds. The third-order valence-electron chi connectivity index (χ3n) is 3.92. The molecule has 0 N–H and O–H groups in total. The number of aromatic nitrogens is 2. The van der Waals surface area contributed by atoms with E-state index in [2.05, 4.69) is 4.98 Å². The molecule has 2 aromatic carbocycles. The Morgan fingerprint density at radius 2 is 1.80 bits per heavy atom. The number of rotatable bonds is 4. The summed E-state index contributed by atoms with van der Waals surface area (Å²) in [6.07, 6.45) is 0. The van der Waals surface area contributed by atoms with Crippen LogP contribution in [-0.2, 0) is 12.8 Å². The summed E-state index contributed by atoms with van der Waals surface area (Å²) in [7, 11) is 5.21. The first-order chi connectivity index (χ1) is 12.0. The Morgan fingerprint density at radius 1 is 1.12 bits per heavy atom. The summed E-state index contributed by atoms with van der Waals surface area (Å²) in [4.78, 5) is 30.5. The Balaban J connectivity index is 1.80. The maximum Gasteiger partial charge on any atom is 0.261 e. The average molecular weight is 353 g/mol. The lowest BCUT2D eigenvalue weighted by atomic mass is 10.1. The Bertz CT molecular complexity index is 978. The summed E-state index contributed by atoms with van der Waals surface area (Å²) in [5.41, 5.74) is 2.40. The van der Waals surface area contributed by atoms with Gasteiger partial charge in [0.15, 0.2) is 5.16 Å². The molecule has 0 aliphatic carbocycles. The van der Waals surface area contributed by atoms with E-state index < -0.39 is 0 Å². The molecule has 25 heavy (non-hydrogen) atoms. The highest BCUT2D eigenvalue weighted by Gasteiger charge is 2.10. The van der Waals surface area contributed by atoms with Crippen LogP contribution < -0.4 is 5.56 Å². The summed E-state index contributed by atoms with van der Waals surface area (Å²) in [5.74, 6) is 0.660. The molecule has 0 saturated carbocycles. The van der Waals surface area contributed by atoms with E-state index in [9.17, 15) is 9.59 Å². The van der Waals surface area contributed by atoms with Gasteiger partial charge in [-0.3, -0.25) is 14.2 Å². The lowest BCUT2D eigenvalue weighted by Gasteiger charge is -2.11. The summed E-state index contributed by atoms with van der Waals surface area (Å²) in [5, 5.41) is 1.30. The van der Waals surface area contributed by atoms with Crippen LogP contribution in [0.3, 0.4) is 0 Å². The van der Waals surface area contributed by atoms with Crippen molar-refractivity contribution in [3.05, 3.63) is 70.0 Å². The lowest BCUT2D eigenvalue weighted by molar-refractivity contribution is 0.0827. The third kappa shape index (κ3) is 3.58. The zero-order valence-electron chi connectivity index (χ0n) is 14.4. The van der Waals surface area contributed by atoms with Crippen LogP contribution in [0.4, 0.5) is 0 Å². The lowest BCUT2D eigenvalue weighted by Crippen LogP contribution is -2.21. The van der Waals surface area contributed by atoms with Gasteiger partial charge in [-0.2, -0.15) is 0 Å². The number of para-hydroxylation sites is 1. The van der Waals surface area contributed by atoms with Gasteiger partial charge in [-0.15, -0.1) is 0 Å². The second kappa shape index (κ2) is 7.11. The number of carbonyl (C=O) groups is 1. The van der Waals surface area contributed by atoms with Crippen LogP contribution in [0.15, 0.2) is 58.5 Å². The van der Waals surface area contributed by atoms with Crippen molar-refractivity contribution < 1.29 is 4.79 Å². The Morgan fingerprint density at radius 3 is 2.48 bits per heavy atom. The Kier molecular flexibility index (Phi) is 4.90. The molecule has 6 heteroatoms. The van der Waals surface area contributed by atoms with Gasteiger partial charge in [-0.25, -0.2) is 4.98 Å². The van der Waals surface area contributed by atoms with Crippen molar-refractivity contribution >= 4 is 28.6 Å². The minimum absolute atomic E-state index is 0.0159. The van der Waals surface area contributed by atoms with E-state index >= 15 is 0 Å². The van der Waals surface area contributed by atoms with Crippen LogP contribution in [0, 0.1) is 0 Å². The van der Waals surface area contributed by atoms with Crippen LogP contribution in [0.5, 0.6) is 0 Å². The predicted molar refractivity (Wildman–Crippen MR) is 101 cm³/mol. The van der Waals surface area contributed by atoms with Gasteiger partial charge in [0.1, 0.15) is 0 Å². The van der Waals surface area contributed by atoms with Crippen molar-refractivity contribution in [3.8, 4) is 0 Å². The van der Waals surface area contributed by atoms with Crippen molar-refractivity contribution in [1.29, 1.82) is 0 Å². The van der Waals surface area contributed by atoms with Gasteiger partial charge in [0.05, 0.1) is 10.9 Å². The van der Waals surface area contributed by atoms with Crippen LogP contribution in [-0.4, -0.2) is 34.5 Å². The van der Waals surface area contributed by atoms with Crippen molar-refractivity contribution in [1.82, 2.24) is 14.5 Å². The molecule has 0 atom stereocenters. The molecular weight excluding hydrogens is 334 g/mol. The van der Waals surface area contributed by atoms with Gasteiger partial charge < -0.3 is 4.90 Å². The molecule has 0 spiro atoms. The van der Waals surface area contributed by atoms with Crippen LogP contribution in [0.1, 0.15) is 15.9 Å². The quantitative estimate of drug-likeness (QED) is 0.535. The van der Waals surface area contributed by atoms with E-state index in [-0.39, 0.29) is 11.5 Å². The molecule has 0 bridgehead atoms. The van der Waals surface area contributed by atoms with Crippen molar-refractivity contribution in [2.24, 2.45) is 7.05 Å². The highest BCUT2D eigenvalue weighted by molar-refractivity contribution is 7.98. The second-order valence-corrected chi connectivity index (χ2v) is 6.90. The number of amides is 1. The summed E-state index contributed by atoms with van der Waals surface area (Å²) < 4.78 is 1.58. The molecule has 1 aromatic heterocycles. The highest BCUT2D eigenvalue weighted by atomic mass is 32.2. The maximum atomic E-state index is 12.4. The normalized spacial score (nSPS) is 10.8. The van der Waals surface area contributed by atoms with Crippen molar-refractivity contribution in [2.75, 3.05) is 14.1 Å². The third-order valence-corrected chi connectivity index (χ3v) is 5.02. The molecule has 0 radical (unpaired) electrons. The predicted octanol–water partition coefficient (Wildman–Crippen LogP) is 2.93. The van der Waals surface area contributed by atoms with Gasteiger partial charge in [0.25, 0.3) is 11.5 Å². The van der Waals surface area contributed by atoms with Crippen molar-refractivity contribution in [2.45, 2.75) is 10.9 Å². The largest absolute Gasteiger partial charge is 0.345 e. The average Bonchev–Trinajstić information content (AvgIpc) is 2.63. The topological polar surface area (TPSA) is 55.2 Å². The molecule has 0 aliphatic rings. The van der Waals surface area contributed by atoms with Gasteiger partial charge in [-0.05, 0) is 29.8 Å². The zero-order chi connectivity index (χ0) is 18.0. The highest BCUT2D eigenvalue weighted by Crippen LogP contribution is 2.21. The number of hydrogen-bond acceptors (Lipinski definition) is 4. The maximum absolute atomic E-state index is 12.4. The summed E-state index contributed by atoms with van der Waals surface area (Å²) in [6.45, 7) is 0. The number of carbonyl (C=O) groups excluding carboxylic acids is 1. The summed E-state index contributed by atoms with van der Waals surface area (Å²) >= 11 is 1.51. The SMILES string of the molecule is CN(C)C(=O)c1ccc(CSc2nc3ccccc3c(=O)n2C)cc1. The van der Waals surface area contributed by atoms with Crippen LogP contribution in [0.2, 0.25) is 0 Å². The van der Waals surface area contributed by atoms with E-state index in [0.717, 1.165) is 5.56 Å². The fourth-order valence-corrected chi connectivity index (χ4v) is 3.40. The zero-order valence-corrected chi connectivity index (χ0v) is 15.2. The Labute approximate surface area is 150 Å². The second-order valence-electron chi connectivity index (χ2n) is 5.96. The number of hydrogen-bond donors (Lipinski definition) is 0. The molecule has 3 rings (SSSR count). The molecule has 0 fully saturated rings. The van der Waals surface area contributed by atoms with Crippen molar-refractivity contribution in [3.63, 3.8) is 0 Å². The smallest absolute Gasteiger partial charge is 0.261 e. The molecule has 1 heterocycles. The van der Waals surface area contributed by atoms with E-state index in [4.69, 9.17) is 0 Å². The van der Waals surface area contributed by atoms with Gasteiger partial charge in [-0.1, -0.05) is 36.0 Å². The van der Waals surface area contributed by atoms with Gasteiger partial charge in [0.2, 0.25) is 0 Å². The molecule has 128 valence electrons. The monoisotopic (exact) mass is 353 g/mol. The standard InChI is InChI=1S/C19H19N3O2S/c1-21(2)17(23)14-10-8-13(9-11-14)12-25-19-20-16-7-5-4-6-15(16)18(24)22(19)3/h4-11H,12H2,1-3H3. The fourth-order valence-electron chi connectivity index (χ4n) is 2.48. The number of nitrogens with zero attached hydrogens (tertiary/aromatic N) is 3. The molecule has 5 nitrogen and oxygen atoms in total. The van der Waals surface area contributed by atoms with Crippen LogP contribution in [0.25, 0.3) is 10.9 Å². The van der Waals surface area contributed by atoms with E-state index in [1.807, 2.05) is 42.5 Å². The number of fused-ring (bicyclic) bond motifs is 1. The number of benzene rings is 2. The van der Waals surface area contributed by atoms with Crippen LogP contribution >= 0.6 is 11.8 Å². The molecule has 3 aromatic rings. The first kappa shape index (κ1) is 17.2. The molecule has 0 saturated heterocycles. The molecule has 0 aliphatic heterocycles. The Hall–Kier alpha value is -2.60. The first-order valence-electron chi connectivity index (χ1n) is 7.86. The van der Waals surface area contributed by atoms with E-state index in [0.29, 0.717) is 27.4 Å². The minimum Gasteiger partial charge on any atom is -0.345 e. The summed E-state index contributed by atoms with van der Waals surface area (Å²) in [6, 6.07) is 14.9. The first-order valence-corrected chi connectivity index (χ1v) is 8.85. The molecular formula is C19H19N3O2S. The van der Waals surface area contributed by atoms with Gasteiger partial charge in [0, 0.05) is 32.5 Å². The van der Waals surface area contributed by atoms with Gasteiger partial charge >= 0.3 is 0 Å². The number of thioether (sulfide) groups is 1. The van der Waals surface area contributed by atoms with E-state index in [1.165, 1.54) is 11.8 Å². The minimum atomic E-state index is -0.0416. The molecule has 0 unspecified atom stereocenters. The van der Waals surface area contributed by atoms with E-state index in [1.54, 1.807) is 36.7 Å². The fraction of sp³-hybridized carbons (Fsp3) is 0.211.